The number of ether oxygens (including phenoxy) is 1. The number of benzene rings is 1. The first kappa shape index (κ1) is 19.9. The van der Waals surface area contributed by atoms with Crippen LogP contribution in [0.4, 0.5) is 0 Å². The van der Waals surface area contributed by atoms with Crippen molar-refractivity contribution >= 4 is 27.5 Å². The Bertz CT molecular complexity index is 1160. The summed E-state index contributed by atoms with van der Waals surface area (Å²) in [6, 6.07) is 14.2. The van der Waals surface area contributed by atoms with Crippen molar-refractivity contribution in [3.8, 4) is 5.69 Å². The molecule has 0 saturated carbocycles. The summed E-state index contributed by atoms with van der Waals surface area (Å²) < 4.78 is 8.69. The van der Waals surface area contributed by atoms with E-state index in [4.69, 9.17) is 4.74 Å². The second-order valence-corrected chi connectivity index (χ2v) is 8.71. The van der Waals surface area contributed by atoms with E-state index in [0.717, 1.165) is 53.8 Å². The number of rotatable bonds is 6. The minimum atomic E-state index is -0.141. The van der Waals surface area contributed by atoms with Gasteiger partial charge in [0.15, 0.2) is 0 Å². The highest BCUT2D eigenvalue weighted by molar-refractivity contribution is 7.17. The van der Waals surface area contributed by atoms with Gasteiger partial charge in [-0.15, -0.1) is 11.3 Å². The average Bonchev–Trinajstić information content (AvgIpc) is 3.51. The number of hydrogen-bond donors (Lipinski definition) is 1. The number of hydrogen-bond acceptors (Lipinski definition) is 5. The summed E-state index contributed by atoms with van der Waals surface area (Å²) >= 11 is 1.66. The van der Waals surface area contributed by atoms with Crippen LogP contribution in [-0.2, 0) is 11.2 Å². The standard InChI is InChI=1S/C24H24N4O2S/c29-24(25-16-20-4-1-2-12-30-20)22-15-18(23-21(27-22)9-13-31-23)14-17-5-7-19(8-6-17)28-11-3-10-26-28/h3,5-11,13,15,20H,1-2,4,12,14,16H2,(H,25,29). The highest BCUT2D eigenvalue weighted by Crippen LogP contribution is 2.27. The molecule has 1 unspecified atom stereocenters. The van der Waals surface area contributed by atoms with Crippen molar-refractivity contribution in [2.24, 2.45) is 0 Å². The molecule has 3 aromatic heterocycles. The van der Waals surface area contributed by atoms with Crippen LogP contribution in [0, 0.1) is 0 Å². The zero-order valence-electron chi connectivity index (χ0n) is 17.2. The fourth-order valence-electron chi connectivity index (χ4n) is 3.94. The third-order valence-corrected chi connectivity index (χ3v) is 6.56. The third-order valence-electron chi connectivity index (χ3n) is 5.58. The number of amides is 1. The molecule has 5 rings (SSSR count). The van der Waals surface area contributed by atoms with Crippen LogP contribution in [0.3, 0.4) is 0 Å². The van der Waals surface area contributed by atoms with E-state index in [1.54, 1.807) is 17.5 Å². The molecular formula is C24H24N4O2S. The van der Waals surface area contributed by atoms with Crippen molar-refractivity contribution in [2.45, 2.75) is 31.8 Å². The Morgan fingerprint density at radius 2 is 2.13 bits per heavy atom. The Morgan fingerprint density at radius 3 is 2.90 bits per heavy atom. The molecule has 1 N–H and O–H groups in total. The largest absolute Gasteiger partial charge is 0.376 e. The first-order valence-electron chi connectivity index (χ1n) is 10.6. The van der Waals surface area contributed by atoms with Crippen molar-refractivity contribution in [3.05, 3.63) is 77.1 Å². The van der Waals surface area contributed by atoms with Crippen LogP contribution in [0.5, 0.6) is 0 Å². The molecule has 4 heterocycles. The molecule has 0 radical (unpaired) electrons. The van der Waals surface area contributed by atoms with Crippen LogP contribution in [0.2, 0.25) is 0 Å². The van der Waals surface area contributed by atoms with Gasteiger partial charge in [-0.3, -0.25) is 4.79 Å². The number of carbonyl (C=O) groups is 1. The zero-order valence-corrected chi connectivity index (χ0v) is 18.0. The first-order valence-corrected chi connectivity index (χ1v) is 11.5. The molecule has 1 aromatic carbocycles. The van der Waals surface area contributed by atoms with Crippen LogP contribution < -0.4 is 5.32 Å². The minimum absolute atomic E-state index is 0.107. The predicted octanol–water partition coefficient (Wildman–Crippen LogP) is 4.37. The molecule has 1 amide bonds. The average molecular weight is 433 g/mol. The van der Waals surface area contributed by atoms with E-state index in [1.807, 2.05) is 34.5 Å². The zero-order chi connectivity index (χ0) is 21.0. The molecule has 31 heavy (non-hydrogen) atoms. The Labute approximate surface area is 184 Å². The van der Waals surface area contributed by atoms with Crippen molar-refractivity contribution in [1.82, 2.24) is 20.1 Å². The van der Waals surface area contributed by atoms with Crippen molar-refractivity contribution in [1.29, 1.82) is 0 Å². The predicted molar refractivity (Wildman–Crippen MR) is 122 cm³/mol. The van der Waals surface area contributed by atoms with Gasteiger partial charge in [-0.1, -0.05) is 12.1 Å². The fraction of sp³-hybridized carbons (Fsp3) is 0.292. The van der Waals surface area contributed by atoms with Crippen molar-refractivity contribution in [3.63, 3.8) is 0 Å². The molecule has 0 bridgehead atoms. The quantitative estimate of drug-likeness (QED) is 0.491. The van der Waals surface area contributed by atoms with Crippen LogP contribution >= 0.6 is 11.3 Å². The van der Waals surface area contributed by atoms with Gasteiger partial charge in [-0.2, -0.15) is 5.10 Å². The van der Waals surface area contributed by atoms with E-state index in [1.165, 1.54) is 5.56 Å². The first-order chi connectivity index (χ1) is 15.3. The maximum Gasteiger partial charge on any atom is 0.270 e. The lowest BCUT2D eigenvalue weighted by Gasteiger charge is -2.22. The SMILES string of the molecule is O=C(NCC1CCCCO1)c1cc(Cc2ccc(-n3cccn3)cc2)c2sccc2n1. The number of nitrogens with zero attached hydrogens (tertiary/aromatic N) is 3. The third kappa shape index (κ3) is 4.52. The molecule has 1 atom stereocenters. The maximum absolute atomic E-state index is 12.8. The van der Waals surface area contributed by atoms with Gasteiger partial charge in [-0.25, -0.2) is 9.67 Å². The van der Waals surface area contributed by atoms with Gasteiger partial charge >= 0.3 is 0 Å². The fourth-order valence-corrected chi connectivity index (χ4v) is 4.79. The maximum atomic E-state index is 12.8. The highest BCUT2D eigenvalue weighted by Gasteiger charge is 2.17. The van der Waals surface area contributed by atoms with E-state index < -0.39 is 0 Å². The number of aromatic nitrogens is 3. The van der Waals surface area contributed by atoms with Gasteiger partial charge in [0, 0.05) is 25.5 Å². The topological polar surface area (TPSA) is 69.0 Å². The second kappa shape index (κ2) is 8.99. The minimum Gasteiger partial charge on any atom is -0.376 e. The Balaban J connectivity index is 1.34. The lowest BCUT2D eigenvalue weighted by atomic mass is 10.0. The summed E-state index contributed by atoms with van der Waals surface area (Å²) in [5.41, 5.74) is 4.65. The lowest BCUT2D eigenvalue weighted by Crippen LogP contribution is -2.35. The summed E-state index contributed by atoms with van der Waals surface area (Å²) in [7, 11) is 0. The Hall–Kier alpha value is -3.03. The van der Waals surface area contributed by atoms with E-state index in [0.29, 0.717) is 12.2 Å². The molecule has 0 spiro atoms. The molecule has 6 nitrogen and oxygen atoms in total. The molecule has 0 aliphatic carbocycles. The van der Waals surface area contributed by atoms with Crippen LogP contribution in [0.15, 0.2) is 60.2 Å². The van der Waals surface area contributed by atoms with E-state index in [-0.39, 0.29) is 12.0 Å². The van der Waals surface area contributed by atoms with Gasteiger partial charge < -0.3 is 10.1 Å². The van der Waals surface area contributed by atoms with E-state index in [9.17, 15) is 4.79 Å². The summed E-state index contributed by atoms with van der Waals surface area (Å²) in [4.78, 5) is 17.4. The monoisotopic (exact) mass is 432 g/mol. The number of pyridine rings is 1. The Kier molecular flexibility index (Phi) is 5.78. The van der Waals surface area contributed by atoms with Crippen LogP contribution in [-0.4, -0.2) is 39.9 Å². The van der Waals surface area contributed by atoms with Gasteiger partial charge in [0.1, 0.15) is 5.69 Å². The number of fused-ring (bicyclic) bond motifs is 1. The van der Waals surface area contributed by atoms with Crippen molar-refractivity contribution in [2.75, 3.05) is 13.2 Å². The molecule has 158 valence electrons. The summed E-state index contributed by atoms with van der Waals surface area (Å²) in [6.07, 6.45) is 7.80. The molecule has 4 aromatic rings. The molecule has 1 aliphatic rings. The van der Waals surface area contributed by atoms with Gasteiger partial charge in [0.2, 0.25) is 0 Å². The normalized spacial score (nSPS) is 16.5. The van der Waals surface area contributed by atoms with E-state index >= 15 is 0 Å². The molecule has 7 heteroatoms. The second-order valence-electron chi connectivity index (χ2n) is 7.79. The highest BCUT2D eigenvalue weighted by atomic mass is 32.1. The van der Waals surface area contributed by atoms with Crippen LogP contribution in [0.1, 0.15) is 40.9 Å². The van der Waals surface area contributed by atoms with Crippen molar-refractivity contribution < 1.29 is 9.53 Å². The lowest BCUT2D eigenvalue weighted by molar-refractivity contribution is 0.0168. The summed E-state index contributed by atoms with van der Waals surface area (Å²) in [6.45, 7) is 1.31. The number of thiophene rings is 1. The molecule has 1 fully saturated rings. The summed E-state index contributed by atoms with van der Waals surface area (Å²) in [5, 5.41) is 9.31. The Morgan fingerprint density at radius 1 is 1.23 bits per heavy atom. The number of carbonyl (C=O) groups excluding carboxylic acids is 1. The van der Waals surface area contributed by atoms with Gasteiger partial charge in [0.25, 0.3) is 5.91 Å². The molecule has 1 saturated heterocycles. The molecule has 1 aliphatic heterocycles. The smallest absolute Gasteiger partial charge is 0.270 e. The van der Waals surface area contributed by atoms with Crippen LogP contribution in [0.25, 0.3) is 15.9 Å². The van der Waals surface area contributed by atoms with E-state index in [2.05, 4.69) is 39.7 Å². The van der Waals surface area contributed by atoms with Gasteiger partial charge in [0.05, 0.1) is 22.0 Å². The molecular weight excluding hydrogens is 408 g/mol. The van der Waals surface area contributed by atoms with Gasteiger partial charge in [-0.05, 0) is 72.5 Å². The summed E-state index contributed by atoms with van der Waals surface area (Å²) in [5.74, 6) is -0.141. The number of nitrogens with one attached hydrogen (secondary N) is 1.